The Morgan fingerprint density at radius 1 is 1.41 bits per heavy atom. The number of piperidine rings is 1. The van der Waals surface area contributed by atoms with Gasteiger partial charge in [0.25, 0.3) is 0 Å². The maximum absolute atomic E-state index is 10.8. The molecule has 0 radical (unpaired) electrons. The van der Waals surface area contributed by atoms with Gasteiger partial charge in [0, 0.05) is 12.5 Å². The monoisotopic (exact) mass is 235 g/mol. The number of nitrogens with one attached hydrogen (secondary N) is 1. The van der Waals surface area contributed by atoms with E-state index in [2.05, 4.69) is 12.2 Å². The van der Waals surface area contributed by atoms with Crippen LogP contribution in [0.15, 0.2) is 24.3 Å². The van der Waals surface area contributed by atoms with Crippen molar-refractivity contribution in [3.05, 3.63) is 29.8 Å². The van der Waals surface area contributed by atoms with Gasteiger partial charge in [-0.15, -0.1) is 0 Å². The van der Waals surface area contributed by atoms with Gasteiger partial charge in [-0.1, -0.05) is 19.1 Å². The van der Waals surface area contributed by atoms with E-state index in [1.807, 2.05) is 31.2 Å². The first-order chi connectivity index (χ1) is 8.16. The van der Waals surface area contributed by atoms with Crippen molar-refractivity contribution in [2.24, 2.45) is 5.92 Å². The Morgan fingerprint density at radius 2 is 2.12 bits per heavy atom. The van der Waals surface area contributed by atoms with E-state index in [0.29, 0.717) is 6.61 Å². The van der Waals surface area contributed by atoms with Crippen molar-refractivity contribution in [3.63, 3.8) is 0 Å². The molecular formula is C14H21NO2. The minimum Gasteiger partial charge on any atom is -0.494 e. The smallest absolute Gasteiger partial charge is 0.119 e. The van der Waals surface area contributed by atoms with Gasteiger partial charge in [-0.3, -0.25) is 0 Å². The van der Waals surface area contributed by atoms with E-state index in [1.54, 1.807) is 0 Å². The van der Waals surface area contributed by atoms with Crippen molar-refractivity contribution in [3.8, 4) is 5.75 Å². The molecule has 3 nitrogen and oxygen atoms in total. The molecule has 0 bridgehead atoms. The lowest BCUT2D eigenvalue weighted by Gasteiger charge is -2.39. The standard InChI is InChI=1S/C14H21NO2/c1-3-17-13-6-4-12(5-7-13)14(16)8-9-15-10-11(14)2/h4-7,11,15-16H,3,8-10H2,1-2H3. The summed E-state index contributed by atoms with van der Waals surface area (Å²) in [5.74, 6) is 1.09. The minimum absolute atomic E-state index is 0.231. The third-order valence-corrected chi connectivity index (χ3v) is 3.61. The summed E-state index contributed by atoms with van der Waals surface area (Å²) in [4.78, 5) is 0. The summed E-state index contributed by atoms with van der Waals surface area (Å²) in [5, 5.41) is 14.1. The van der Waals surface area contributed by atoms with Crippen molar-refractivity contribution in [1.82, 2.24) is 5.32 Å². The lowest BCUT2D eigenvalue weighted by Crippen LogP contribution is -2.46. The van der Waals surface area contributed by atoms with Gasteiger partial charge >= 0.3 is 0 Å². The highest BCUT2D eigenvalue weighted by molar-refractivity contribution is 5.31. The molecular weight excluding hydrogens is 214 g/mol. The Kier molecular flexibility index (Phi) is 3.69. The summed E-state index contributed by atoms with van der Waals surface area (Å²) in [7, 11) is 0. The average molecular weight is 235 g/mol. The highest BCUT2D eigenvalue weighted by Crippen LogP contribution is 2.35. The Balaban J connectivity index is 2.20. The zero-order chi connectivity index (χ0) is 12.3. The molecule has 0 amide bonds. The SMILES string of the molecule is CCOc1ccc(C2(O)CCNCC2C)cc1. The first kappa shape index (κ1) is 12.4. The number of ether oxygens (including phenoxy) is 1. The summed E-state index contributed by atoms with van der Waals surface area (Å²) in [5.41, 5.74) is 0.297. The molecule has 1 aliphatic heterocycles. The maximum atomic E-state index is 10.8. The largest absolute Gasteiger partial charge is 0.494 e. The van der Waals surface area contributed by atoms with Crippen molar-refractivity contribution >= 4 is 0 Å². The molecule has 1 saturated heterocycles. The summed E-state index contributed by atoms with van der Waals surface area (Å²) in [6, 6.07) is 7.83. The van der Waals surface area contributed by atoms with E-state index in [0.717, 1.165) is 30.8 Å². The average Bonchev–Trinajstić information content (AvgIpc) is 2.34. The van der Waals surface area contributed by atoms with Gasteiger partial charge in [0.15, 0.2) is 0 Å². The van der Waals surface area contributed by atoms with E-state index in [4.69, 9.17) is 4.74 Å². The second-order valence-electron chi connectivity index (χ2n) is 4.74. The van der Waals surface area contributed by atoms with E-state index in [-0.39, 0.29) is 5.92 Å². The number of rotatable bonds is 3. The van der Waals surface area contributed by atoms with Gasteiger partial charge in [-0.2, -0.15) is 0 Å². The van der Waals surface area contributed by atoms with Gasteiger partial charge < -0.3 is 15.2 Å². The third kappa shape index (κ3) is 2.45. The molecule has 0 aliphatic carbocycles. The molecule has 1 heterocycles. The first-order valence-electron chi connectivity index (χ1n) is 6.33. The zero-order valence-corrected chi connectivity index (χ0v) is 10.6. The molecule has 0 aromatic heterocycles. The molecule has 1 fully saturated rings. The summed E-state index contributed by atoms with van der Waals surface area (Å²) >= 11 is 0. The summed E-state index contributed by atoms with van der Waals surface area (Å²) in [6.45, 7) is 6.46. The predicted molar refractivity (Wildman–Crippen MR) is 68.2 cm³/mol. The van der Waals surface area contributed by atoms with Crippen LogP contribution in [0.2, 0.25) is 0 Å². The fraction of sp³-hybridized carbons (Fsp3) is 0.571. The predicted octanol–water partition coefficient (Wildman–Crippen LogP) is 1.90. The molecule has 2 rings (SSSR count). The number of hydrogen-bond donors (Lipinski definition) is 2. The van der Waals surface area contributed by atoms with Gasteiger partial charge in [0.05, 0.1) is 12.2 Å². The van der Waals surface area contributed by atoms with Gasteiger partial charge in [-0.25, -0.2) is 0 Å². The molecule has 1 aliphatic rings. The summed E-state index contributed by atoms with van der Waals surface area (Å²) in [6.07, 6.45) is 0.766. The quantitative estimate of drug-likeness (QED) is 0.841. The van der Waals surface area contributed by atoms with Crippen LogP contribution in [-0.4, -0.2) is 24.8 Å². The topological polar surface area (TPSA) is 41.5 Å². The molecule has 17 heavy (non-hydrogen) atoms. The Labute approximate surface area is 103 Å². The highest BCUT2D eigenvalue weighted by atomic mass is 16.5. The summed E-state index contributed by atoms with van der Waals surface area (Å²) < 4.78 is 5.41. The normalized spacial score (nSPS) is 29.0. The number of benzene rings is 1. The molecule has 0 saturated carbocycles. The third-order valence-electron chi connectivity index (χ3n) is 3.61. The minimum atomic E-state index is -0.698. The van der Waals surface area contributed by atoms with Gasteiger partial charge in [0.1, 0.15) is 5.75 Å². The van der Waals surface area contributed by atoms with Gasteiger partial charge in [-0.05, 0) is 37.6 Å². The van der Waals surface area contributed by atoms with Crippen LogP contribution in [0.1, 0.15) is 25.8 Å². The van der Waals surface area contributed by atoms with Crippen molar-refractivity contribution in [1.29, 1.82) is 0 Å². The molecule has 1 aromatic carbocycles. The van der Waals surface area contributed by atoms with Crippen LogP contribution < -0.4 is 10.1 Å². The zero-order valence-electron chi connectivity index (χ0n) is 10.6. The second-order valence-corrected chi connectivity index (χ2v) is 4.74. The molecule has 2 unspecified atom stereocenters. The molecule has 0 spiro atoms. The van der Waals surface area contributed by atoms with Crippen LogP contribution in [0.3, 0.4) is 0 Å². The molecule has 3 heteroatoms. The lowest BCUT2D eigenvalue weighted by molar-refractivity contribution is -0.0392. The molecule has 94 valence electrons. The Morgan fingerprint density at radius 3 is 2.71 bits per heavy atom. The van der Waals surface area contributed by atoms with Crippen molar-refractivity contribution < 1.29 is 9.84 Å². The lowest BCUT2D eigenvalue weighted by atomic mass is 9.77. The fourth-order valence-electron chi connectivity index (χ4n) is 2.45. The second kappa shape index (κ2) is 5.07. The molecule has 1 aromatic rings. The fourth-order valence-corrected chi connectivity index (χ4v) is 2.45. The van der Waals surface area contributed by atoms with Crippen LogP contribution in [0.4, 0.5) is 0 Å². The van der Waals surface area contributed by atoms with E-state index in [1.165, 1.54) is 0 Å². The van der Waals surface area contributed by atoms with E-state index >= 15 is 0 Å². The van der Waals surface area contributed by atoms with Crippen LogP contribution in [0.5, 0.6) is 5.75 Å². The van der Waals surface area contributed by atoms with Crippen molar-refractivity contribution in [2.45, 2.75) is 25.9 Å². The van der Waals surface area contributed by atoms with Crippen LogP contribution in [0, 0.1) is 5.92 Å². The van der Waals surface area contributed by atoms with E-state index in [9.17, 15) is 5.11 Å². The first-order valence-corrected chi connectivity index (χ1v) is 6.33. The Bertz CT molecular complexity index is 363. The van der Waals surface area contributed by atoms with E-state index < -0.39 is 5.60 Å². The number of hydrogen-bond acceptors (Lipinski definition) is 3. The Hall–Kier alpha value is -1.06. The van der Waals surface area contributed by atoms with Gasteiger partial charge in [0.2, 0.25) is 0 Å². The maximum Gasteiger partial charge on any atom is 0.119 e. The molecule has 2 N–H and O–H groups in total. The highest BCUT2D eigenvalue weighted by Gasteiger charge is 2.37. The number of aliphatic hydroxyl groups is 1. The van der Waals surface area contributed by atoms with Crippen molar-refractivity contribution in [2.75, 3.05) is 19.7 Å². The molecule has 2 atom stereocenters. The van der Waals surface area contributed by atoms with Crippen LogP contribution in [0.25, 0.3) is 0 Å². The van der Waals surface area contributed by atoms with Crippen LogP contribution in [-0.2, 0) is 5.60 Å². The van der Waals surface area contributed by atoms with Crippen LogP contribution >= 0.6 is 0 Å².